The van der Waals surface area contributed by atoms with Crippen molar-refractivity contribution in [3.8, 4) is 11.4 Å². The van der Waals surface area contributed by atoms with E-state index in [0.29, 0.717) is 43.2 Å². The first kappa shape index (κ1) is 22.0. The number of nitrogens with one attached hydrogen (secondary N) is 1. The van der Waals surface area contributed by atoms with Crippen molar-refractivity contribution in [2.24, 2.45) is 0 Å². The van der Waals surface area contributed by atoms with E-state index in [2.05, 4.69) is 15.1 Å². The molecular weight excluding hydrogens is 488 g/mol. The second-order valence-corrected chi connectivity index (χ2v) is 10.7. The lowest BCUT2D eigenvalue weighted by Crippen LogP contribution is -2.37. The van der Waals surface area contributed by atoms with Crippen molar-refractivity contribution in [2.75, 3.05) is 31.2 Å². The molecule has 6 aromatic rings. The number of hydrogen-bond donors (Lipinski definition) is 1. The summed E-state index contributed by atoms with van der Waals surface area (Å²) in [5.41, 5.74) is 3.02. The van der Waals surface area contributed by atoms with Crippen LogP contribution in [0.4, 0.5) is 5.82 Å². The van der Waals surface area contributed by atoms with Crippen LogP contribution in [0.25, 0.3) is 44.1 Å². The van der Waals surface area contributed by atoms with Crippen LogP contribution >= 0.6 is 0 Å². The number of fused-ring (bicyclic) bond motifs is 4. The topological polar surface area (TPSA) is 106 Å². The summed E-state index contributed by atoms with van der Waals surface area (Å²) >= 11 is 0. The smallest absolute Gasteiger partial charge is 0.268 e. The largest absolute Gasteiger partial charge is 0.378 e. The fourth-order valence-electron chi connectivity index (χ4n) is 4.98. The van der Waals surface area contributed by atoms with Gasteiger partial charge in [-0.25, -0.2) is 22.4 Å². The Morgan fingerprint density at radius 1 is 0.838 bits per heavy atom. The Labute approximate surface area is 212 Å². The minimum atomic E-state index is -3.77. The standard InChI is InChI=1S/C27H22N6O3S/c34-37(35,18-5-2-1-3-6-18)33-12-11-20-24(33)10-9-21-25(20)29-26(30-27(21)32-13-15-36-16-14-32)19-7-4-8-23-22(19)17-28-31-23/h1-12,17H,13-16H2,(H,28,31). The van der Waals surface area contributed by atoms with Gasteiger partial charge in [0.15, 0.2) is 5.82 Å². The predicted molar refractivity (Wildman–Crippen MR) is 142 cm³/mol. The number of anilines is 1. The van der Waals surface area contributed by atoms with Crippen LogP contribution in [0, 0.1) is 0 Å². The third-order valence-corrected chi connectivity index (χ3v) is 8.52. The first-order chi connectivity index (χ1) is 18.1. The van der Waals surface area contributed by atoms with E-state index in [-0.39, 0.29) is 4.90 Å². The molecule has 0 saturated carbocycles. The number of aromatic nitrogens is 5. The summed E-state index contributed by atoms with van der Waals surface area (Å²) in [5, 5.41) is 9.74. The SMILES string of the molecule is O=S(=O)(c1ccccc1)n1ccc2c3nc(-c4cccc5[nH]ncc45)nc(N4CCOCC4)c3ccc21. The van der Waals surface area contributed by atoms with Crippen molar-refractivity contribution < 1.29 is 13.2 Å². The first-order valence-electron chi connectivity index (χ1n) is 12.0. The monoisotopic (exact) mass is 510 g/mol. The molecule has 1 saturated heterocycles. The Balaban J connectivity index is 1.50. The predicted octanol–water partition coefficient (Wildman–Crippen LogP) is 4.20. The van der Waals surface area contributed by atoms with Gasteiger partial charge in [-0.3, -0.25) is 5.10 Å². The minimum absolute atomic E-state index is 0.233. The number of ether oxygens (including phenoxy) is 1. The zero-order chi connectivity index (χ0) is 25.0. The quantitative estimate of drug-likeness (QED) is 0.379. The number of hydrogen-bond acceptors (Lipinski definition) is 7. The van der Waals surface area contributed by atoms with Gasteiger partial charge >= 0.3 is 0 Å². The summed E-state index contributed by atoms with van der Waals surface area (Å²) in [6.07, 6.45) is 3.37. The first-order valence-corrected chi connectivity index (χ1v) is 13.4. The molecule has 0 spiro atoms. The van der Waals surface area contributed by atoms with Gasteiger partial charge in [0, 0.05) is 41.0 Å². The van der Waals surface area contributed by atoms with Gasteiger partial charge in [0.1, 0.15) is 5.82 Å². The van der Waals surface area contributed by atoms with Crippen molar-refractivity contribution in [1.29, 1.82) is 0 Å². The maximum Gasteiger partial charge on any atom is 0.268 e. The van der Waals surface area contributed by atoms with Gasteiger partial charge in [-0.05, 0) is 36.4 Å². The molecule has 1 N–H and O–H groups in total. The number of nitrogens with zero attached hydrogens (tertiary/aromatic N) is 5. The van der Waals surface area contributed by atoms with Crippen LogP contribution in [0.5, 0.6) is 0 Å². The van der Waals surface area contributed by atoms with Gasteiger partial charge in [0.05, 0.1) is 40.9 Å². The van der Waals surface area contributed by atoms with Gasteiger partial charge < -0.3 is 9.64 Å². The average Bonchev–Trinajstić information content (AvgIpc) is 3.61. The fourth-order valence-corrected chi connectivity index (χ4v) is 6.35. The molecule has 0 bridgehead atoms. The second-order valence-electron chi connectivity index (χ2n) is 8.93. The van der Waals surface area contributed by atoms with Crippen LogP contribution in [0.15, 0.2) is 84.0 Å². The molecule has 3 aromatic heterocycles. The van der Waals surface area contributed by atoms with Gasteiger partial charge in [0.2, 0.25) is 0 Å². The van der Waals surface area contributed by atoms with Crippen LogP contribution < -0.4 is 4.90 Å². The van der Waals surface area contributed by atoms with Crippen molar-refractivity contribution in [3.63, 3.8) is 0 Å². The number of morpholine rings is 1. The van der Waals surface area contributed by atoms with Crippen LogP contribution in [0.1, 0.15) is 0 Å². The Morgan fingerprint density at radius 2 is 1.68 bits per heavy atom. The van der Waals surface area contributed by atoms with E-state index in [1.165, 1.54) is 3.97 Å². The molecule has 0 aliphatic carbocycles. The molecule has 4 heterocycles. The average molecular weight is 511 g/mol. The molecule has 37 heavy (non-hydrogen) atoms. The number of rotatable bonds is 4. The van der Waals surface area contributed by atoms with E-state index in [0.717, 1.165) is 33.1 Å². The number of benzene rings is 3. The Hall–Kier alpha value is -4.28. The van der Waals surface area contributed by atoms with Crippen LogP contribution in [-0.2, 0) is 14.8 Å². The van der Waals surface area contributed by atoms with Crippen LogP contribution in [-0.4, -0.2) is 58.9 Å². The van der Waals surface area contributed by atoms with Gasteiger partial charge in [0.25, 0.3) is 10.0 Å². The number of aromatic amines is 1. The van der Waals surface area contributed by atoms with Crippen molar-refractivity contribution in [3.05, 3.63) is 79.1 Å². The molecule has 0 unspecified atom stereocenters. The fraction of sp³-hybridized carbons (Fsp3) is 0.148. The van der Waals surface area contributed by atoms with E-state index in [1.54, 1.807) is 42.7 Å². The molecular formula is C27H22N6O3S. The maximum absolute atomic E-state index is 13.5. The van der Waals surface area contributed by atoms with Crippen molar-refractivity contribution in [1.82, 2.24) is 24.1 Å². The molecule has 7 rings (SSSR count). The summed E-state index contributed by atoms with van der Waals surface area (Å²) < 4.78 is 33.8. The van der Waals surface area contributed by atoms with E-state index < -0.39 is 10.0 Å². The van der Waals surface area contributed by atoms with Gasteiger partial charge in [-0.2, -0.15) is 5.10 Å². The normalized spacial score (nSPS) is 14.6. The highest BCUT2D eigenvalue weighted by molar-refractivity contribution is 7.90. The zero-order valence-corrected chi connectivity index (χ0v) is 20.5. The van der Waals surface area contributed by atoms with E-state index in [4.69, 9.17) is 14.7 Å². The Bertz CT molecular complexity index is 1890. The molecule has 9 nitrogen and oxygen atoms in total. The van der Waals surface area contributed by atoms with Crippen LogP contribution in [0.3, 0.4) is 0 Å². The minimum Gasteiger partial charge on any atom is -0.378 e. The lowest BCUT2D eigenvalue weighted by atomic mass is 10.1. The Kier molecular flexibility index (Phi) is 4.98. The van der Waals surface area contributed by atoms with Gasteiger partial charge in [-0.15, -0.1) is 0 Å². The molecule has 1 fully saturated rings. The third-order valence-electron chi connectivity index (χ3n) is 6.81. The van der Waals surface area contributed by atoms with Crippen LogP contribution in [0.2, 0.25) is 0 Å². The highest BCUT2D eigenvalue weighted by Gasteiger charge is 2.23. The second kappa shape index (κ2) is 8.39. The maximum atomic E-state index is 13.5. The highest BCUT2D eigenvalue weighted by Crippen LogP contribution is 2.35. The van der Waals surface area contributed by atoms with Gasteiger partial charge in [-0.1, -0.05) is 30.3 Å². The van der Waals surface area contributed by atoms with E-state index in [1.807, 2.05) is 36.4 Å². The number of H-pyrrole nitrogens is 1. The molecule has 1 aliphatic rings. The molecule has 3 aromatic carbocycles. The zero-order valence-electron chi connectivity index (χ0n) is 19.7. The lowest BCUT2D eigenvalue weighted by molar-refractivity contribution is 0.122. The molecule has 0 atom stereocenters. The summed E-state index contributed by atoms with van der Waals surface area (Å²) in [6.45, 7) is 2.66. The highest BCUT2D eigenvalue weighted by atomic mass is 32.2. The van der Waals surface area contributed by atoms with Crippen molar-refractivity contribution >= 4 is 48.5 Å². The molecule has 184 valence electrons. The summed E-state index contributed by atoms with van der Waals surface area (Å²) in [4.78, 5) is 12.5. The van der Waals surface area contributed by atoms with E-state index in [9.17, 15) is 8.42 Å². The third kappa shape index (κ3) is 3.48. The van der Waals surface area contributed by atoms with E-state index >= 15 is 0 Å². The molecule has 0 amide bonds. The Morgan fingerprint density at radius 3 is 2.51 bits per heavy atom. The summed E-state index contributed by atoms with van der Waals surface area (Å²) in [5.74, 6) is 1.37. The molecule has 1 aliphatic heterocycles. The van der Waals surface area contributed by atoms with Crippen molar-refractivity contribution in [2.45, 2.75) is 4.90 Å². The molecule has 0 radical (unpaired) electrons. The molecule has 10 heteroatoms. The summed E-state index contributed by atoms with van der Waals surface area (Å²) in [6, 6.07) is 19.9. The lowest BCUT2D eigenvalue weighted by Gasteiger charge is -2.29. The summed E-state index contributed by atoms with van der Waals surface area (Å²) in [7, 11) is -3.77.